The Morgan fingerprint density at radius 1 is 0.968 bits per heavy atom. The van der Waals surface area contributed by atoms with Gasteiger partial charge in [0.15, 0.2) is 6.10 Å². The second kappa shape index (κ2) is 10.9. The molecule has 0 unspecified atom stereocenters. The van der Waals surface area contributed by atoms with Gasteiger partial charge in [-0.3, -0.25) is 4.57 Å². The van der Waals surface area contributed by atoms with E-state index < -0.39 is 37.3 Å². The van der Waals surface area contributed by atoms with Crippen molar-refractivity contribution in [1.82, 2.24) is 0 Å². The first-order chi connectivity index (χ1) is 14.7. The van der Waals surface area contributed by atoms with Gasteiger partial charge in [0.05, 0.1) is 18.8 Å². The van der Waals surface area contributed by atoms with E-state index in [-0.39, 0.29) is 18.8 Å². The summed E-state index contributed by atoms with van der Waals surface area (Å²) in [4.78, 5) is 12.9. The van der Waals surface area contributed by atoms with Crippen LogP contribution in [0.2, 0.25) is 0 Å². The molecule has 2 rings (SSSR count). The van der Waals surface area contributed by atoms with Gasteiger partial charge in [-0.1, -0.05) is 42.5 Å². The highest BCUT2D eigenvalue weighted by molar-refractivity contribution is 7.54. The SMILES string of the molecule is CCOP(=O)(OCC)[C@H](OC(=O)[C@@H](OC)c1ccccc1)c1cccc(C(F)(F)F)c1. The van der Waals surface area contributed by atoms with Crippen LogP contribution in [0.5, 0.6) is 0 Å². The molecule has 0 bridgehead atoms. The van der Waals surface area contributed by atoms with Crippen LogP contribution in [-0.2, 0) is 34.1 Å². The molecule has 0 aliphatic carbocycles. The first-order valence-electron chi connectivity index (χ1n) is 9.50. The number of carbonyl (C=O) groups is 1. The number of esters is 1. The van der Waals surface area contributed by atoms with E-state index >= 15 is 0 Å². The minimum absolute atomic E-state index is 0.0727. The van der Waals surface area contributed by atoms with Crippen LogP contribution < -0.4 is 0 Å². The zero-order valence-electron chi connectivity index (χ0n) is 17.3. The molecule has 0 aliphatic rings. The summed E-state index contributed by atoms with van der Waals surface area (Å²) in [6.45, 7) is 2.94. The van der Waals surface area contributed by atoms with E-state index in [1.54, 1.807) is 44.2 Å². The van der Waals surface area contributed by atoms with Crippen LogP contribution in [0, 0.1) is 0 Å². The van der Waals surface area contributed by atoms with Crippen molar-refractivity contribution in [1.29, 1.82) is 0 Å². The van der Waals surface area contributed by atoms with E-state index in [4.69, 9.17) is 18.5 Å². The average Bonchev–Trinajstić information content (AvgIpc) is 2.73. The largest absolute Gasteiger partial charge is 0.442 e. The Kier molecular flexibility index (Phi) is 8.82. The van der Waals surface area contributed by atoms with E-state index in [1.165, 1.54) is 13.2 Å². The number of halogens is 3. The minimum Gasteiger partial charge on any atom is -0.442 e. The second-order valence-corrected chi connectivity index (χ2v) is 8.38. The van der Waals surface area contributed by atoms with Crippen molar-refractivity contribution in [2.75, 3.05) is 20.3 Å². The number of ether oxygens (including phenoxy) is 2. The summed E-state index contributed by atoms with van der Waals surface area (Å²) in [5.41, 5.74) is -0.700. The quantitative estimate of drug-likeness (QED) is 0.325. The Morgan fingerprint density at radius 3 is 2.06 bits per heavy atom. The summed E-state index contributed by atoms with van der Waals surface area (Å²) in [5.74, 6) is -2.67. The highest BCUT2D eigenvalue weighted by Gasteiger charge is 2.43. The van der Waals surface area contributed by atoms with Gasteiger partial charge in [-0.05, 0) is 31.5 Å². The van der Waals surface area contributed by atoms with Gasteiger partial charge in [-0.15, -0.1) is 0 Å². The van der Waals surface area contributed by atoms with Gasteiger partial charge in [0.2, 0.25) is 5.85 Å². The predicted octanol–water partition coefficient (Wildman–Crippen LogP) is 5.90. The fourth-order valence-electron chi connectivity index (χ4n) is 2.88. The third-order valence-electron chi connectivity index (χ3n) is 4.18. The first-order valence-corrected chi connectivity index (χ1v) is 11.1. The molecule has 0 radical (unpaired) electrons. The van der Waals surface area contributed by atoms with E-state index in [0.717, 1.165) is 18.2 Å². The molecule has 6 nitrogen and oxygen atoms in total. The molecule has 0 spiro atoms. The predicted molar refractivity (Wildman–Crippen MR) is 107 cm³/mol. The fourth-order valence-corrected chi connectivity index (χ4v) is 4.71. The third-order valence-corrected chi connectivity index (χ3v) is 6.40. The van der Waals surface area contributed by atoms with Crippen molar-refractivity contribution < 1.29 is 41.1 Å². The molecule has 2 aromatic rings. The number of hydrogen-bond acceptors (Lipinski definition) is 6. The number of methoxy groups -OCH3 is 1. The molecule has 170 valence electrons. The highest BCUT2D eigenvalue weighted by Crippen LogP contribution is 2.62. The molecule has 0 aromatic heterocycles. The van der Waals surface area contributed by atoms with Gasteiger partial charge in [0.25, 0.3) is 0 Å². The second-order valence-electron chi connectivity index (χ2n) is 6.31. The number of alkyl halides is 3. The summed E-state index contributed by atoms with van der Waals surface area (Å²) in [5, 5.41) is 0. The summed E-state index contributed by atoms with van der Waals surface area (Å²) < 4.78 is 74.3. The van der Waals surface area contributed by atoms with Crippen LogP contribution in [0.15, 0.2) is 54.6 Å². The molecule has 0 saturated carbocycles. The number of hydrogen-bond donors (Lipinski definition) is 0. The highest BCUT2D eigenvalue weighted by atomic mass is 31.2. The van der Waals surface area contributed by atoms with E-state index in [1.807, 2.05) is 0 Å². The minimum atomic E-state index is -4.65. The van der Waals surface area contributed by atoms with Crippen molar-refractivity contribution in [3.8, 4) is 0 Å². The Balaban J connectivity index is 2.50. The normalized spacial score (nSPS) is 14.1. The molecule has 0 saturated heterocycles. The fraction of sp³-hybridized carbons (Fsp3) is 0.381. The van der Waals surface area contributed by atoms with Crippen molar-refractivity contribution >= 4 is 13.6 Å². The molecular weight excluding hydrogens is 436 g/mol. The lowest BCUT2D eigenvalue weighted by Crippen LogP contribution is -2.22. The topological polar surface area (TPSA) is 71.1 Å². The lowest BCUT2D eigenvalue weighted by atomic mass is 10.1. The Bertz CT molecular complexity index is 893. The van der Waals surface area contributed by atoms with Gasteiger partial charge in [-0.2, -0.15) is 13.2 Å². The summed E-state index contributed by atoms with van der Waals surface area (Å²) in [6.07, 6.45) is -5.84. The van der Waals surface area contributed by atoms with Crippen LogP contribution in [0.4, 0.5) is 13.2 Å². The maximum Gasteiger partial charge on any atom is 0.416 e. The molecule has 0 heterocycles. The van der Waals surface area contributed by atoms with Crippen LogP contribution in [0.3, 0.4) is 0 Å². The molecule has 0 aliphatic heterocycles. The summed E-state index contributed by atoms with van der Waals surface area (Å²) >= 11 is 0. The molecule has 2 atom stereocenters. The van der Waals surface area contributed by atoms with Gasteiger partial charge >= 0.3 is 19.7 Å². The van der Waals surface area contributed by atoms with Crippen molar-refractivity contribution in [2.24, 2.45) is 0 Å². The first kappa shape index (κ1) is 25.1. The van der Waals surface area contributed by atoms with Gasteiger partial charge in [-0.25, -0.2) is 4.79 Å². The molecule has 2 aromatic carbocycles. The molecular formula is C21H24F3O6P. The Hall–Kier alpha value is -2.19. The average molecular weight is 460 g/mol. The standard InChI is InChI=1S/C21H24F3O6P/c1-4-28-31(26,29-5-2)20(16-12-9-13-17(14-16)21(22,23)24)30-19(25)18(27-3)15-10-7-6-8-11-15/h6-14,18,20H,4-5H2,1-3H3/t18-,20-/m0/s1. The van der Waals surface area contributed by atoms with Crippen molar-refractivity contribution in [3.05, 3.63) is 71.3 Å². The molecule has 0 amide bonds. The maximum atomic E-state index is 13.4. The summed E-state index contributed by atoms with van der Waals surface area (Å²) in [7, 11) is -2.90. The lowest BCUT2D eigenvalue weighted by Gasteiger charge is -2.28. The van der Waals surface area contributed by atoms with E-state index in [2.05, 4.69) is 0 Å². The van der Waals surface area contributed by atoms with Crippen LogP contribution in [-0.4, -0.2) is 26.3 Å². The Labute approximate surface area is 178 Å². The molecule has 0 N–H and O–H groups in total. The van der Waals surface area contributed by atoms with Crippen molar-refractivity contribution in [2.45, 2.75) is 32.0 Å². The molecule has 31 heavy (non-hydrogen) atoms. The number of rotatable bonds is 10. The van der Waals surface area contributed by atoms with Gasteiger partial charge in [0.1, 0.15) is 0 Å². The van der Waals surface area contributed by atoms with E-state index in [0.29, 0.717) is 5.56 Å². The number of carbonyl (C=O) groups excluding carboxylic acids is 1. The summed E-state index contributed by atoms with van der Waals surface area (Å²) in [6, 6.07) is 12.4. The zero-order chi connectivity index (χ0) is 23.1. The molecule has 10 heteroatoms. The van der Waals surface area contributed by atoms with Gasteiger partial charge < -0.3 is 18.5 Å². The lowest BCUT2D eigenvalue weighted by molar-refractivity contribution is -0.159. The van der Waals surface area contributed by atoms with Crippen molar-refractivity contribution in [3.63, 3.8) is 0 Å². The zero-order valence-corrected chi connectivity index (χ0v) is 18.2. The van der Waals surface area contributed by atoms with Gasteiger partial charge in [0, 0.05) is 12.7 Å². The van der Waals surface area contributed by atoms with Crippen LogP contribution >= 0.6 is 7.60 Å². The maximum absolute atomic E-state index is 13.4. The van der Waals surface area contributed by atoms with Crippen LogP contribution in [0.25, 0.3) is 0 Å². The monoisotopic (exact) mass is 460 g/mol. The third kappa shape index (κ3) is 6.40. The molecule has 0 fully saturated rings. The Morgan fingerprint density at radius 2 is 1.55 bits per heavy atom. The smallest absolute Gasteiger partial charge is 0.416 e. The van der Waals surface area contributed by atoms with Crippen LogP contribution in [0.1, 0.15) is 42.5 Å². The number of benzene rings is 2. The van der Waals surface area contributed by atoms with E-state index in [9.17, 15) is 22.5 Å².